The summed E-state index contributed by atoms with van der Waals surface area (Å²) in [6.07, 6.45) is 3.36. The standard InChI is InChI=1S/C8H15N/c1-6(2)8-4-7(3)5-9-8/h5-6,8-9H,4H2,1-3H3. The van der Waals surface area contributed by atoms with E-state index >= 15 is 0 Å². The van der Waals surface area contributed by atoms with Crippen molar-refractivity contribution in [2.75, 3.05) is 0 Å². The van der Waals surface area contributed by atoms with E-state index in [-0.39, 0.29) is 0 Å². The van der Waals surface area contributed by atoms with Crippen LogP contribution in [0.5, 0.6) is 0 Å². The highest BCUT2D eigenvalue weighted by Gasteiger charge is 2.15. The van der Waals surface area contributed by atoms with Crippen LogP contribution in [0.25, 0.3) is 0 Å². The monoisotopic (exact) mass is 125 g/mol. The van der Waals surface area contributed by atoms with Gasteiger partial charge >= 0.3 is 0 Å². The second-order valence-corrected chi connectivity index (χ2v) is 3.21. The second kappa shape index (κ2) is 2.42. The molecule has 0 saturated carbocycles. The molecule has 1 heteroatoms. The lowest BCUT2D eigenvalue weighted by Gasteiger charge is -2.14. The molecular weight excluding hydrogens is 110 g/mol. The van der Waals surface area contributed by atoms with Crippen LogP contribution >= 0.6 is 0 Å². The molecule has 1 atom stereocenters. The largest absolute Gasteiger partial charge is 0.388 e. The molecular formula is C8H15N. The van der Waals surface area contributed by atoms with Gasteiger partial charge in [0.2, 0.25) is 0 Å². The minimum Gasteiger partial charge on any atom is -0.388 e. The zero-order valence-electron chi connectivity index (χ0n) is 6.44. The van der Waals surface area contributed by atoms with Gasteiger partial charge in [0.1, 0.15) is 0 Å². The van der Waals surface area contributed by atoms with Crippen LogP contribution in [0.1, 0.15) is 27.2 Å². The maximum absolute atomic E-state index is 3.34. The Kier molecular flexibility index (Phi) is 1.79. The third-order valence-corrected chi connectivity index (χ3v) is 1.89. The fraction of sp³-hybridized carbons (Fsp3) is 0.750. The Morgan fingerprint density at radius 3 is 2.56 bits per heavy atom. The fourth-order valence-corrected chi connectivity index (χ4v) is 1.14. The van der Waals surface area contributed by atoms with E-state index in [0.717, 1.165) is 5.92 Å². The highest BCUT2D eigenvalue weighted by molar-refractivity contribution is 5.07. The second-order valence-electron chi connectivity index (χ2n) is 3.21. The zero-order valence-corrected chi connectivity index (χ0v) is 6.44. The van der Waals surface area contributed by atoms with Gasteiger partial charge in [0, 0.05) is 6.04 Å². The van der Waals surface area contributed by atoms with Crippen LogP contribution in [0, 0.1) is 5.92 Å². The predicted molar refractivity (Wildman–Crippen MR) is 40.1 cm³/mol. The molecule has 0 spiro atoms. The molecule has 0 amide bonds. The predicted octanol–water partition coefficient (Wildman–Crippen LogP) is 1.91. The van der Waals surface area contributed by atoms with Crippen LogP contribution in [0.15, 0.2) is 11.8 Å². The van der Waals surface area contributed by atoms with Crippen LogP contribution in [0.2, 0.25) is 0 Å². The van der Waals surface area contributed by atoms with Crippen molar-refractivity contribution in [3.8, 4) is 0 Å². The Morgan fingerprint density at radius 2 is 2.33 bits per heavy atom. The molecule has 0 aliphatic carbocycles. The zero-order chi connectivity index (χ0) is 6.85. The van der Waals surface area contributed by atoms with E-state index in [1.165, 1.54) is 12.0 Å². The van der Waals surface area contributed by atoms with E-state index in [1.54, 1.807) is 0 Å². The van der Waals surface area contributed by atoms with Gasteiger partial charge in [0.05, 0.1) is 0 Å². The minimum atomic E-state index is 0.699. The molecule has 1 rings (SSSR count). The normalized spacial score (nSPS) is 26.2. The number of nitrogens with one attached hydrogen (secondary N) is 1. The van der Waals surface area contributed by atoms with E-state index in [4.69, 9.17) is 0 Å². The summed E-state index contributed by atoms with van der Waals surface area (Å²) >= 11 is 0. The van der Waals surface area contributed by atoms with E-state index in [1.807, 2.05) is 0 Å². The van der Waals surface area contributed by atoms with Gasteiger partial charge in [-0.3, -0.25) is 0 Å². The molecule has 1 aliphatic rings. The van der Waals surface area contributed by atoms with Gasteiger partial charge in [0.15, 0.2) is 0 Å². The third-order valence-electron chi connectivity index (χ3n) is 1.89. The first-order valence-corrected chi connectivity index (χ1v) is 3.62. The van der Waals surface area contributed by atoms with Crippen molar-refractivity contribution in [1.29, 1.82) is 0 Å². The Hall–Kier alpha value is -0.460. The van der Waals surface area contributed by atoms with Gasteiger partial charge in [-0.05, 0) is 25.5 Å². The Morgan fingerprint density at radius 1 is 1.67 bits per heavy atom. The van der Waals surface area contributed by atoms with Gasteiger partial charge in [-0.25, -0.2) is 0 Å². The van der Waals surface area contributed by atoms with Crippen LogP contribution in [-0.4, -0.2) is 6.04 Å². The van der Waals surface area contributed by atoms with Crippen LogP contribution in [0.3, 0.4) is 0 Å². The first kappa shape index (κ1) is 6.66. The first-order chi connectivity index (χ1) is 4.20. The molecule has 0 fully saturated rings. The highest BCUT2D eigenvalue weighted by atomic mass is 14.9. The molecule has 0 aromatic rings. The molecule has 0 saturated heterocycles. The summed E-state index contributed by atoms with van der Waals surface area (Å²) < 4.78 is 0. The van der Waals surface area contributed by atoms with Crippen molar-refractivity contribution in [2.45, 2.75) is 33.2 Å². The molecule has 52 valence electrons. The van der Waals surface area contributed by atoms with Crippen molar-refractivity contribution in [2.24, 2.45) is 5.92 Å². The maximum Gasteiger partial charge on any atom is 0.0316 e. The average molecular weight is 125 g/mol. The van der Waals surface area contributed by atoms with Crippen LogP contribution < -0.4 is 5.32 Å². The summed E-state index contributed by atoms with van der Waals surface area (Å²) in [5.41, 5.74) is 1.48. The van der Waals surface area contributed by atoms with E-state index < -0.39 is 0 Å². The van der Waals surface area contributed by atoms with Crippen molar-refractivity contribution in [3.05, 3.63) is 11.8 Å². The average Bonchev–Trinajstić information content (AvgIpc) is 2.14. The summed E-state index contributed by atoms with van der Waals surface area (Å²) in [5, 5.41) is 3.34. The summed E-state index contributed by atoms with van der Waals surface area (Å²) in [5.74, 6) is 0.763. The molecule has 0 bridgehead atoms. The summed E-state index contributed by atoms with van der Waals surface area (Å²) in [6.45, 7) is 6.68. The minimum absolute atomic E-state index is 0.699. The molecule has 9 heavy (non-hydrogen) atoms. The first-order valence-electron chi connectivity index (χ1n) is 3.62. The van der Waals surface area contributed by atoms with Crippen molar-refractivity contribution in [3.63, 3.8) is 0 Å². The summed E-state index contributed by atoms with van der Waals surface area (Å²) in [7, 11) is 0. The molecule has 1 aliphatic heterocycles. The molecule has 1 heterocycles. The lowest BCUT2D eigenvalue weighted by Crippen LogP contribution is -2.24. The maximum atomic E-state index is 3.34. The third kappa shape index (κ3) is 1.47. The lowest BCUT2D eigenvalue weighted by molar-refractivity contribution is 0.461. The van der Waals surface area contributed by atoms with Crippen molar-refractivity contribution < 1.29 is 0 Å². The van der Waals surface area contributed by atoms with Crippen LogP contribution in [-0.2, 0) is 0 Å². The van der Waals surface area contributed by atoms with E-state index in [9.17, 15) is 0 Å². The van der Waals surface area contributed by atoms with Gasteiger partial charge in [-0.2, -0.15) is 0 Å². The van der Waals surface area contributed by atoms with Gasteiger partial charge in [-0.15, -0.1) is 0 Å². The smallest absolute Gasteiger partial charge is 0.0316 e. The molecule has 1 unspecified atom stereocenters. The lowest BCUT2D eigenvalue weighted by atomic mass is 10.0. The van der Waals surface area contributed by atoms with Crippen molar-refractivity contribution >= 4 is 0 Å². The topological polar surface area (TPSA) is 12.0 Å². The molecule has 0 radical (unpaired) electrons. The fourth-order valence-electron chi connectivity index (χ4n) is 1.14. The Bertz CT molecular complexity index is 125. The SMILES string of the molecule is CC1=CNC(C(C)C)C1. The van der Waals surface area contributed by atoms with Gasteiger partial charge in [0.25, 0.3) is 0 Å². The molecule has 1 N–H and O–H groups in total. The quantitative estimate of drug-likeness (QED) is 0.564. The van der Waals surface area contributed by atoms with E-state index in [2.05, 4.69) is 32.3 Å². The highest BCUT2D eigenvalue weighted by Crippen LogP contribution is 2.16. The summed E-state index contributed by atoms with van der Waals surface area (Å²) in [6, 6.07) is 0.699. The summed E-state index contributed by atoms with van der Waals surface area (Å²) in [4.78, 5) is 0. The van der Waals surface area contributed by atoms with Crippen molar-refractivity contribution in [1.82, 2.24) is 5.32 Å². The molecule has 0 aromatic carbocycles. The molecule has 1 nitrogen and oxygen atoms in total. The van der Waals surface area contributed by atoms with Crippen LogP contribution in [0.4, 0.5) is 0 Å². The number of hydrogen-bond donors (Lipinski definition) is 1. The number of hydrogen-bond acceptors (Lipinski definition) is 1. The Labute approximate surface area is 57.1 Å². The Balaban J connectivity index is 2.37. The number of rotatable bonds is 1. The molecule has 0 aromatic heterocycles. The van der Waals surface area contributed by atoms with E-state index in [0.29, 0.717) is 6.04 Å². The van der Waals surface area contributed by atoms with Gasteiger partial charge in [-0.1, -0.05) is 19.4 Å². The van der Waals surface area contributed by atoms with Gasteiger partial charge < -0.3 is 5.32 Å².